The van der Waals surface area contributed by atoms with Crippen LogP contribution >= 0.6 is 0 Å². The lowest BCUT2D eigenvalue weighted by Gasteiger charge is -2.09. The van der Waals surface area contributed by atoms with E-state index in [0.717, 1.165) is 28.0 Å². The van der Waals surface area contributed by atoms with E-state index in [9.17, 15) is 4.79 Å². The van der Waals surface area contributed by atoms with Crippen molar-refractivity contribution in [2.24, 2.45) is 5.73 Å². The van der Waals surface area contributed by atoms with Crippen LogP contribution in [-0.4, -0.2) is 15.9 Å². The third-order valence-corrected chi connectivity index (χ3v) is 3.42. The van der Waals surface area contributed by atoms with E-state index in [-0.39, 0.29) is 5.91 Å². The molecule has 0 aliphatic heterocycles. The van der Waals surface area contributed by atoms with Gasteiger partial charge in [-0.3, -0.25) is 4.79 Å². The molecule has 0 unspecified atom stereocenters. The molecule has 5 nitrogen and oxygen atoms in total. The maximum Gasteiger partial charge on any atom is 0.217 e. The summed E-state index contributed by atoms with van der Waals surface area (Å²) < 4.78 is 0. The van der Waals surface area contributed by atoms with E-state index in [1.54, 1.807) is 6.33 Å². The molecule has 2 aromatic carbocycles. The zero-order valence-electron chi connectivity index (χ0n) is 12.0. The minimum Gasteiger partial charge on any atom is -0.370 e. The van der Waals surface area contributed by atoms with Crippen LogP contribution in [0.15, 0.2) is 54.9 Å². The number of nitrogens with zero attached hydrogens (tertiary/aromatic N) is 2. The highest BCUT2D eigenvalue weighted by Crippen LogP contribution is 2.22. The molecule has 5 heteroatoms. The number of rotatable bonds is 5. The number of amides is 1. The highest BCUT2D eigenvalue weighted by atomic mass is 16.1. The predicted octanol–water partition coefficient (Wildman–Crippen LogP) is 2.79. The van der Waals surface area contributed by atoms with Crippen LogP contribution in [0.5, 0.6) is 0 Å². The minimum absolute atomic E-state index is 0.283. The van der Waals surface area contributed by atoms with Crippen molar-refractivity contribution in [1.29, 1.82) is 0 Å². The van der Waals surface area contributed by atoms with Gasteiger partial charge in [-0.15, -0.1) is 0 Å². The highest BCUT2D eigenvalue weighted by molar-refractivity contribution is 5.90. The van der Waals surface area contributed by atoms with Crippen molar-refractivity contribution in [2.75, 3.05) is 5.32 Å². The van der Waals surface area contributed by atoms with Crippen molar-refractivity contribution in [2.45, 2.75) is 12.8 Å². The molecule has 0 aliphatic rings. The summed E-state index contributed by atoms with van der Waals surface area (Å²) >= 11 is 0. The fraction of sp³-hybridized carbons (Fsp3) is 0.118. The second-order valence-corrected chi connectivity index (χ2v) is 5.03. The molecule has 0 fully saturated rings. The Kier molecular flexibility index (Phi) is 3.96. The first-order valence-electron chi connectivity index (χ1n) is 7.06. The van der Waals surface area contributed by atoms with E-state index in [1.807, 2.05) is 48.5 Å². The average Bonchev–Trinajstić information content (AvgIpc) is 2.54. The number of anilines is 2. The van der Waals surface area contributed by atoms with Gasteiger partial charge in [-0.25, -0.2) is 9.97 Å². The molecule has 0 radical (unpaired) electrons. The van der Waals surface area contributed by atoms with Crippen LogP contribution < -0.4 is 11.1 Å². The number of carbonyl (C=O) groups is 1. The summed E-state index contributed by atoms with van der Waals surface area (Å²) in [6.07, 6.45) is 2.57. The molecule has 3 aromatic rings. The number of hydrogen-bond acceptors (Lipinski definition) is 4. The normalized spacial score (nSPS) is 10.5. The standard InChI is InChI=1S/C17H16N4O/c18-16(22)10-7-12-5-8-13(9-6-12)21-17-14-3-1-2-4-15(14)19-11-20-17/h1-6,8-9,11H,7,10H2,(H2,18,22)(H,19,20,21). The lowest BCUT2D eigenvalue weighted by molar-refractivity contribution is -0.117. The van der Waals surface area contributed by atoms with E-state index in [1.165, 1.54) is 0 Å². The lowest BCUT2D eigenvalue weighted by atomic mass is 10.1. The molecule has 0 spiro atoms. The molecule has 22 heavy (non-hydrogen) atoms. The number of nitrogens with one attached hydrogen (secondary N) is 1. The first-order valence-corrected chi connectivity index (χ1v) is 7.06. The Labute approximate surface area is 128 Å². The van der Waals surface area contributed by atoms with Crippen LogP contribution in [0.1, 0.15) is 12.0 Å². The van der Waals surface area contributed by atoms with E-state index in [0.29, 0.717) is 12.8 Å². The molecule has 1 heterocycles. The van der Waals surface area contributed by atoms with Gasteiger partial charge in [0, 0.05) is 17.5 Å². The number of nitrogens with two attached hydrogens (primary N) is 1. The molecule has 1 aromatic heterocycles. The largest absolute Gasteiger partial charge is 0.370 e. The van der Waals surface area contributed by atoms with Gasteiger partial charge in [-0.05, 0) is 36.2 Å². The molecule has 0 saturated carbocycles. The Hall–Kier alpha value is -2.95. The van der Waals surface area contributed by atoms with Crippen molar-refractivity contribution in [3.8, 4) is 0 Å². The summed E-state index contributed by atoms with van der Waals surface area (Å²) in [4.78, 5) is 19.3. The van der Waals surface area contributed by atoms with Crippen molar-refractivity contribution >= 4 is 28.3 Å². The van der Waals surface area contributed by atoms with Gasteiger partial charge < -0.3 is 11.1 Å². The van der Waals surface area contributed by atoms with Crippen LogP contribution in [-0.2, 0) is 11.2 Å². The summed E-state index contributed by atoms with van der Waals surface area (Å²) in [5, 5.41) is 4.27. The monoisotopic (exact) mass is 292 g/mol. The first kappa shape index (κ1) is 14.0. The molecule has 0 bridgehead atoms. The maximum absolute atomic E-state index is 10.8. The summed E-state index contributed by atoms with van der Waals surface area (Å²) in [7, 11) is 0. The van der Waals surface area contributed by atoms with Gasteiger partial charge in [-0.1, -0.05) is 24.3 Å². The molecule has 0 saturated heterocycles. The van der Waals surface area contributed by atoms with Gasteiger partial charge in [0.05, 0.1) is 5.52 Å². The van der Waals surface area contributed by atoms with Crippen molar-refractivity contribution < 1.29 is 4.79 Å². The first-order chi connectivity index (χ1) is 10.7. The molecule has 110 valence electrons. The van der Waals surface area contributed by atoms with Gasteiger partial charge in [0.25, 0.3) is 0 Å². The number of benzene rings is 2. The molecular weight excluding hydrogens is 276 g/mol. The molecule has 0 aliphatic carbocycles. The van der Waals surface area contributed by atoms with Gasteiger partial charge >= 0.3 is 0 Å². The predicted molar refractivity (Wildman–Crippen MR) is 86.8 cm³/mol. The third kappa shape index (κ3) is 3.20. The number of para-hydroxylation sites is 1. The topological polar surface area (TPSA) is 80.9 Å². The summed E-state index contributed by atoms with van der Waals surface area (Å²) in [6.45, 7) is 0. The second kappa shape index (κ2) is 6.22. The van der Waals surface area contributed by atoms with Crippen LogP contribution in [0, 0.1) is 0 Å². The number of carbonyl (C=O) groups excluding carboxylic acids is 1. The van der Waals surface area contributed by atoms with E-state index in [2.05, 4.69) is 15.3 Å². The summed E-state index contributed by atoms with van der Waals surface area (Å²) in [5.41, 5.74) is 8.08. The van der Waals surface area contributed by atoms with Gasteiger partial charge in [0.2, 0.25) is 5.91 Å². The highest BCUT2D eigenvalue weighted by Gasteiger charge is 2.03. The van der Waals surface area contributed by atoms with Crippen LogP contribution in [0.25, 0.3) is 10.9 Å². The van der Waals surface area contributed by atoms with Crippen molar-refractivity contribution in [3.63, 3.8) is 0 Å². The summed E-state index contributed by atoms with van der Waals surface area (Å²) in [5.74, 6) is 0.491. The molecule has 3 rings (SSSR count). The van der Waals surface area contributed by atoms with Crippen molar-refractivity contribution in [3.05, 3.63) is 60.4 Å². The Morgan fingerprint density at radius 2 is 1.82 bits per heavy atom. The quantitative estimate of drug-likeness (QED) is 0.757. The van der Waals surface area contributed by atoms with Crippen LogP contribution in [0.3, 0.4) is 0 Å². The lowest BCUT2D eigenvalue weighted by Crippen LogP contribution is -2.11. The smallest absolute Gasteiger partial charge is 0.217 e. The number of fused-ring (bicyclic) bond motifs is 1. The second-order valence-electron chi connectivity index (χ2n) is 5.03. The zero-order chi connectivity index (χ0) is 15.4. The molecule has 1 amide bonds. The minimum atomic E-state index is -0.283. The number of aryl methyl sites for hydroxylation is 1. The van der Waals surface area contributed by atoms with Crippen LogP contribution in [0.2, 0.25) is 0 Å². The van der Waals surface area contributed by atoms with E-state index >= 15 is 0 Å². The Balaban J connectivity index is 1.79. The number of primary amides is 1. The van der Waals surface area contributed by atoms with Gasteiger partial charge in [0.15, 0.2) is 0 Å². The van der Waals surface area contributed by atoms with Gasteiger partial charge in [0.1, 0.15) is 12.1 Å². The fourth-order valence-electron chi connectivity index (χ4n) is 2.26. The van der Waals surface area contributed by atoms with E-state index in [4.69, 9.17) is 5.73 Å². The fourth-order valence-corrected chi connectivity index (χ4v) is 2.26. The van der Waals surface area contributed by atoms with Gasteiger partial charge in [-0.2, -0.15) is 0 Å². The van der Waals surface area contributed by atoms with E-state index < -0.39 is 0 Å². The third-order valence-electron chi connectivity index (χ3n) is 3.42. The Morgan fingerprint density at radius 1 is 1.05 bits per heavy atom. The molecule has 3 N–H and O–H groups in total. The van der Waals surface area contributed by atoms with Crippen molar-refractivity contribution in [1.82, 2.24) is 9.97 Å². The molecular formula is C17H16N4O. The zero-order valence-corrected chi connectivity index (χ0v) is 12.0. The maximum atomic E-state index is 10.8. The van der Waals surface area contributed by atoms with Crippen LogP contribution in [0.4, 0.5) is 11.5 Å². The Bertz CT molecular complexity index is 794. The molecule has 0 atom stereocenters. The average molecular weight is 292 g/mol. The Morgan fingerprint density at radius 3 is 2.59 bits per heavy atom. The summed E-state index contributed by atoms with van der Waals surface area (Å²) in [6, 6.07) is 15.7. The number of aromatic nitrogens is 2. The SMILES string of the molecule is NC(=O)CCc1ccc(Nc2ncnc3ccccc23)cc1. The number of hydrogen-bond donors (Lipinski definition) is 2.